The van der Waals surface area contributed by atoms with Crippen LogP contribution in [0.3, 0.4) is 0 Å². The maximum atomic E-state index is 5.92. The molecule has 0 bridgehead atoms. The number of halogens is 1. The maximum absolute atomic E-state index is 5.92. The van der Waals surface area contributed by atoms with Gasteiger partial charge in [-0.05, 0) is 69.2 Å². The molecule has 34 heavy (non-hydrogen) atoms. The average molecular weight is 503 g/mol. The Balaban J connectivity index is 1.21. The number of rotatable bonds is 10. The number of likely N-dealkylation sites (N-methyl/N-ethyl adjacent to an activating group) is 1. The normalized spacial score (nSPS) is 15.7. The van der Waals surface area contributed by atoms with Crippen LogP contribution >= 0.6 is 23.8 Å². The lowest BCUT2D eigenvalue weighted by Crippen LogP contribution is -2.36. The summed E-state index contributed by atoms with van der Waals surface area (Å²) in [6.07, 6.45) is 4.92. The highest BCUT2D eigenvalue weighted by atomic mass is 35.5. The van der Waals surface area contributed by atoms with E-state index in [2.05, 4.69) is 43.8 Å². The van der Waals surface area contributed by atoms with Crippen LogP contribution in [0.1, 0.15) is 25.7 Å². The number of hydrogen-bond donors (Lipinski definition) is 3. The number of anilines is 4. The predicted molar refractivity (Wildman–Crippen MR) is 147 cm³/mol. The maximum Gasteiger partial charge on any atom is 0.229 e. The Morgan fingerprint density at radius 2 is 1.62 bits per heavy atom. The molecule has 0 atom stereocenters. The third kappa shape index (κ3) is 7.32. The Morgan fingerprint density at radius 1 is 0.971 bits per heavy atom. The van der Waals surface area contributed by atoms with E-state index in [-0.39, 0.29) is 0 Å². The Hall–Kier alpha value is -2.36. The first-order valence-corrected chi connectivity index (χ1v) is 13.0. The third-order valence-corrected chi connectivity index (χ3v) is 6.70. The molecule has 8 nitrogen and oxygen atoms in total. The van der Waals surface area contributed by atoms with Gasteiger partial charge in [-0.15, -0.1) is 0 Å². The SMILES string of the molecule is CN(CCNC(=S)Nc1ccc(Cl)cc1)CCNc1cc(N2CCCC2)nc(N2CCCC2)n1. The minimum absolute atomic E-state index is 0.610. The fraction of sp³-hybridized carbons (Fsp3) is 0.542. The van der Waals surface area contributed by atoms with Crippen molar-refractivity contribution in [1.29, 1.82) is 0 Å². The molecule has 1 aromatic carbocycles. The van der Waals surface area contributed by atoms with Gasteiger partial charge in [0.25, 0.3) is 0 Å². The van der Waals surface area contributed by atoms with Gasteiger partial charge in [0.05, 0.1) is 0 Å². The Kier molecular flexibility index (Phi) is 9.01. The van der Waals surface area contributed by atoms with Crippen LogP contribution in [0.15, 0.2) is 30.3 Å². The fourth-order valence-corrected chi connectivity index (χ4v) is 4.58. The second kappa shape index (κ2) is 12.4. The molecule has 3 heterocycles. The summed E-state index contributed by atoms with van der Waals surface area (Å²) in [6, 6.07) is 9.60. The van der Waals surface area contributed by atoms with Crippen molar-refractivity contribution in [3.05, 3.63) is 35.4 Å². The fourth-order valence-electron chi connectivity index (χ4n) is 4.23. The van der Waals surface area contributed by atoms with Crippen molar-refractivity contribution < 1.29 is 0 Å². The van der Waals surface area contributed by atoms with Gasteiger partial charge >= 0.3 is 0 Å². The van der Waals surface area contributed by atoms with Crippen molar-refractivity contribution in [3.8, 4) is 0 Å². The zero-order valence-electron chi connectivity index (χ0n) is 19.9. The number of benzene rings is 1. The van der Waals surface area contributed by atoms with Crippen molar-refractivity contribution in [2.24, 2.45) is 0 Å². The predicted octanol–water partition coefficient (Wildman–Crippen LogP) is 3.66. The van der Waals surface area contributed by atoms with Crippen LogP contribution in [0, 0.1) is 0 Å². The van der Waals surface area contributed by atoms with Gasteiger partial charge in [0.15, 0.2) is 5.11 Å². The van der Waals surface area contributed by atoms with Crippen LogP contribution in [0.25, 0.3) is 0 Å². The van der Waals surface area contributed by atoms with Crippen molar-refractivity contribution in [1.82, 2.24) is 20.2 Å². The monoisotopic (exact) mass is 502 g/mol. The highest BCUT2D eigenvalue weighted by Gasteiger charge is 2.20. The molecule has 2 fully saturated rings. The van der Waals surface area contributed by atoms with E-state index in [4.69, 9.17) is 33.8 Å². The minimum atomic E-state index is 0.610. The first-order valence-electron chi connectivity index (χ1n) is 12.2. The summed E-state index contributed by atoms with van der Waals surface area (Å²) in [4.78, 5) is 16.7. The quantitative estimate of drug-likeness (QED) is 0.422. The molecule has 0 unspecified atom stereocenters. The minimum Gasteiger partial charge on any atom is -0.369 e. The van der Waals surface area contributed by atoms with Crippen LogP contribution in [0.4, 0.5) is 23.3 Å². The zero-order valence-corrected chi connectivity index (χ0v) is 21.5. The zero-order chi connectivity index (χ0) is 23.8. The molecule has 10 heteroatoms. The second-order valence-electron chi connectivity index (χ2n) is 8.92. The molecule has 2 aliphatic heterocycles. The smallest absolute Gasteiger partial charge is 0.229 e. The Labute approximate surface area is 213 Å². The number of nitrogens with zero attached hydrogens (tertiary/aromatic N) is 5. The largest absolute Gasteiger partial charge is 0.369 e. The van der Waals surface area contributed by atoms with E-state index < -0.39 is 0 Å². The van der Waals surface area contributed by atoms with Gasteiger partial charge in [-0.25, -0.2) is 0 Å². The van der Waals surface area contributed by atoms with Crippen molar-refractivity contribution in [2.45, 2.75) is 25.7 Å². The summed E-state index contributed by atoms with van der Waals surface area (Å²) in [6.45, 7) is 7.64. The van der Waals surface area contributed by atoms with E-state index in [1.807, 2.05) is 24.3 Å². The molecular weight excluding hydrogens is 468 g/mol. The van der Waals surface area contributed by atoms with Gasteiger partial charge in [0.1, 0.15) is 11.6 Å². The molecule has 0 amide bonds. The van der Waals surface area contributed by atoms with Crippen molar-refractivity contribution >= 4 is 52.2 Å². The van der Waals surface area contributed by atoms with E-state index in [1.54, 1.807) is 0 Å². The molecule has 1 aromatic heterocycles. The van der Waals surface area contributed by atoms with Gasteiger partial charge in [-0.1, -0.05) is 11.6 Å². The number of hydrogen-bond acceptors (Lipinski definition) is 7. The van der Waals surface area contributed by atoms with Crippen LogP contribution in [0.5, 0.6) is 0 Å². The van der Waals surface area contributed by atoms with Gasteiger partial charge in [0, 0.05) is 69.1 Å². The molecule has 2 saturated heterocycles. The first kappa shape index (κ1) is 24.8. The van der Waals surface area contributed by atoms with Crippen LogP contribution in [-0.2, 0) is 0 Å². The Bertz CT molecular complexity index is 895. The molecule has 0 radical (unpaired) electrons. The number of aromatic nitrogens is 2. The molecule has 0 spiro atoms. The Morgan fingerprint density at radius 3 is 2.32 bits per heavy atom. The molecule has 0 saturated carbocycles. The molecular formula is C24H35ClN8S. The van der Waals surface area contributed by atoms with Crippen LogP contribution < -0.4 is 25.8 Å². The van der Waals surface area contributed by atoms with Crippen LogP contribution in [0.2, 0.25) is 5.02 Å². The van der Waals surface area contributed by atoms with Gasteiger partial charge in [-0.3, -0.25) is 0 Å². The van der Waals surface area contributed by atoms with Crippen molar-refractivity contribution in [2.75, 3.05) is 79.8 Å². The highest BCUT2D eigenvalue weighted by molar-refractivity contribution is 7.80. The molecule has 2 aromatic rings. The molecule has 4 rings (SSSR count). The summed E-state index contributed by atoms with van der Waals surface area (Å²) in [5, 5.41) is 11.3. The van der Waals surface area contributed by atoms with Gasteiger partial charge in [0.2, 0.25) is 5.95 Å². The lowest BCUT2D eigenvalue weighted by atomic mass is 10.3. The summed E-state index contributed by atoms with van der Waals surface area (Å²) < 4.78 is 0. The summed E-state index contributed by atoms with van der Waals surface area (Å²) in [5.41, 5.74) is 0.922. The van der Waals surface area contributed by atoms with Crippen molar-refractivity contribution in [3.63, 3.8) is 0 Å². The summed E-state index contributed by atoms with van der Waals surface area (Å²) >= 11 is 11.3. The van der Waals surface area contributed by atoms with E-state index in [9.17, 15) is 0 Å². The molecule has 2 aliphatic rings. The molecule has 3 N–H and O–H groups in total. The lowest BCUT2D eigenvalue weighted by molar-refractivity contribution is 0.352. The molecule has 0 aliphatic carbocycles. The van der Waals surface area contributed by atoms with E-state index in [0.717, 1.165) is 75.6 Å². The third-order valence-electron chi connectivity index (χ3n) is 6.20. The topological polar surface area (TPSA) is 71.6 Å². The van der Waals surface area contributed by atoms with E-state index in [0.29, 0.717) is 10.1 Å². The number of thiocarbonyl (C=S) groups is 1. The number of nitrogens with one attached hydrogen (secondary N) is 3. The average Bonchev–Trinajstić information content (AvgIpc) is 3.55. The van der Waals surface area contributed by atoms with Gasteiger partial charge in [-0.2, -0.15) is 9.97 Å². The standard InChI is InChI=1S/C24H35ClN8S/c1-31(17-11-27-24(34)28-20-8-6-19(25)7-9-20)16-10-26-21-18-22(32-12-2-3-13-32)30-23(29-21)33-14-4-5-15-33/h6-9,18H,2-5,10-17H2,1H3,(H,26,29,30)(H2,27,28,34). The highest BCUT2D eigenvalue weighted by Crippen LogP contribution is 2.25. The van der Waals surface area contributed by atoms with E-state index in [1.165, 1.54) is 25.7 Å². The second-order valence-corrected chi connectivity index (χ2v) is 9.76. The molecule has 184 valence electrons. The lowest BCUT2D eigenvalue weighted by Gasteiger charge is -2.22. The first-order chi connectivity index (χ1) is 16.6. The van der Waals surface area contributed by atoms with Crippen LogP contribution in [-0.4, -0.2) is 79.4 Å². The van der Waals surface area contributed by atoms with Gasteiger partial charge < -0.3 is 30.7 Å². The summed E-state index contributed by atoms with van der Waals surface area (Å²) in [5.74, 6) is 2.83. The summed E-state index contributed by atoms with van der Waals surface area (Å²) in [7, 11) is 2.12. The van der Waals surface area contributed by atoms with E-state index >= 15 is 0 Å².